The summed E-state index contributed by atoms with van der Waals surface area (Å²) >= 11 is 0. The van der Waals surface area contributed by atoms with Crippen molar-refractivity contribution in [1.82, 2.24) is 4.98 Å². The third kappa shape index (κ3) is 3.72. The predicted molar refractivity (Wildman–Crippen MR) is 103 cm³/mol. The Balaban J connectivity index is 1.51. The number of nitrogens with zero attached hydrogens (tertiary/aromatic N) is 2. The lowest BCUT2D eigenvalue weighted by Crippen LogP contribution is -2.20. The summed E-state index contributed by atoms with van der Waals surface area (Å²) in [5.74, 6) is 1.22. The molecule has 0 radical (unpaired) electrons. The van der Waals surface area contributed by atoms with Crippen molar-refractivity contribution in [3.63, 3.8) is 0 Å². The molecule has 1 aromatic heterocycles. The van der Waals surface area contributed by atoms with Crippen LogP contribution < -0.4 is 9.47 Å². The minimum atomic E-state index is -0.324. The van der Waals surface area contributed by atoms with Crippen LogP contribution in [0.5, 0.6) is 11.5 Å². The van der Waals surface area contributed by atoms with Gasteiger partial charge in [-0.1, -0.05) is 12.1 Å². The lowest BCUT2D eigenvalue weighted by atomic mass is 9.96. The molecular formula is C23H18N2O3. The van der Waals surface area contributed by atoms with Crippen LogP contribution in [0.1, 0.15) is 45.3 Å². The number of fused-ring (bicyclic) bond motifs is 1. The number of ketones is 1. The molecule has 2 aromatic carbocycles. The van der Waals surface area contributed by atoms with E-state index in [2.05, 4.69) is 11.1 Å². The maximum absolute atomic E-state index is 12.5. The van der Waals surface area contributed by atoms with Gasteiger partial charge in [-0.05, 0) is 54.4 Å². The summed E-state index contributed by atoms with van der Waals surface area (Å²) in [6.45, 7) is 2.28. The lowest BCUT2D eigenvalue weighted by molar-refractivity contribution is 0.0849. The van der Waals surface area contributed by atoms with Crippen LogP contribution >= 0.6 is 0 Å². The van der Waals surface area contributed by atoms with E-state index in [0.717, 1.165) is 16.8 Å². The number of hydrogen-bond acceptors (Lipinski definition) is 5. The molecule has 2 heterocycles. The normalized spacial score (nSPS) is 15.3. The molecule has 4 rings (SSSR count). The van der Waals surface area contributed by atoms with Crippen molar-refractivity contribution in [3.8, 4) is 17.6 Å². The third-order valence-corrected chi connectivity index (χ3v) is 4.67. The van der Waals surface area contributed by atoms with Gasteiger partial charge in [0.25, 0.3) is 0 Å². The van der Waals surface area contributed by atoms with E-state index in [9.17, 15) is 4.79 Å². The highest BCUT2D eigenvalue weighted by atomic mass is 16.5. The number of ether oxygens (including phenoxy) is 2. The zero-order valence-electron chi connectivity index (χ0n) is 15.4. The second-order valence-electron chi connectivity index (χ2n) is 6.72. The number of hydrogen-bond donors (Lipinski definition) is 0. The van der Waals surface area contributed by atoms with E-state index in [1.54, 1.807) is 36.5 Å². The smallest absolute Gasteiger partial charge is 0.170 e. The molecule has 1 unspecified atom stereocenters. The maximum Gasteiger partial charge on any atom is 0.170 e. The molecule has 0 fully saturated rings. The molecule has 0 spiro atoms. The Morgan fingerprint density at radius 2 is 2.00 bits per heavy atom. The van der Waals surface area contributed by atoms with E-state index in [1.165, 1.54) is 0 Å². The van der Waals surface area contributed by atoms with Gasteiger partial charge in [-0.25, -0.2) is 0 Å². The first-order chi connectivity index (χ1) is 13.6. The van der Waals surface area contributed by atoms with Crippen LogP contribution in [0.2, 0.25) is 0 Å². The molecule has 1 atom stereocenters. The molecule has 1 aliphatic heterocycles. The molecule has 28 heavy (non-hydrogen) atoms. The highest BCUT2D eigenvalue weighted by Crippen LogP contribution is 2.37. The number of carbonyl (C=O) groups is 1. The van der Waals surface area contributed by atoms with Crippen LogP contribution in [0.15, 0.2) is 60.8 Å². The molecule has 0 N–H and O–H groups in total. The summed E-state index contributed by atoms with van der Waals surface area (Å²) in [7, 11) is 0. The average molecular weight is 370 g/mol. The Labute approximate surface area is 163 Å². The quantitative estimate of drug-likeness (QED) is 0.674. The zero-order valence-corrected chi connectivity index (χ0v) is 15.4. The number of Topliss-reactive ketones (excluding diaryl/α,β-unsaturated/α-hetero) is 1. The first kappa shape index (κ1) is 17.7. The van der Waals surface area contributed by atoms with Crippen molar-refractivity contribution in [3.05, 3.63) is 88.7 Å². The maximum atomic E-state index is 12.5. The van der Waals surface area contributed by atoms with E-state index in [-0.39, 0.29) is 11.9 Å². The number of pyridine rings is 1. The van der Waals surface area contributed by atoms with Crippen LogP contribution in [-0.4, -0.2) is 10.8 Å². The van der Waals surface area contributed by atoms with Gasteiger partial charge < -0.3 is 9.47 Å². The van der Waals surface area contributed by atoms with Gasteiger partial charge in [-0.2, -0.15) is 5.26 Å². The van der Waals surface area contributed by atoms with Crippen LogP contribution in [0.4, 0.5) is 0 Å². The van der Waals surface area contributed by atoms with Crippen LogP contribution in [0.25, 0.3) is 0 Å². The van der Waals surface area contributed by atoms with E-state index >= 15 is 0 Å². The average Bonchev–Trinajstić information content (AvgIpc) is 2.72. The minimum Gasteiger partial charge on any atom is -0.489 e. The van der Waals surface area contributed by atoms with Gasteiger partial charge in [0.2, 0.25) is 0 Å². The third-order valence-electron chi connectivity index (χ3n) is 4.67. The van der Waals surface area contributed by atoms with E-state index in [1.807, 2.05) is 31.2 Å². The Bertz CT molecular complexity index is 1070. The Hall–Kier alpha value is -3.65. The number of nitriles is 1. The Morgan fingerprint density at radius 1 is 1.18 bits per heavy atom. The molecule has 0 saturated carbocycles. The number of aromatic nitrogens is 1. The fourth-order valence-electron chi connectivity index (χ4n) is 3.19. The highest BCUT2D eigenvalue weighted by molar-refractivity contribution is 6.00. The van der Waals surface area contributed by atoms with Crippen molar-refractivity contribution < 1.29 is 14.3 Å². The molecule has 1 aliphatic rings. The number of carbonyl (C=O) groups excluding carboxylic acids is 1. The number of rotatable bonds is 4. The second kappa shape index (κ2) is 7.53. The predicted octanol–water partition coefficient (Wildman–Crippen LogP) is 4.55. The Morgan fingerprint density at radius 3 is 2.75 bits per heavy atom. The molecule has 3 aromatic rings. The van der Waals surface area contributed by atoms with Crippen LogP contribution in [0, 0.1) is 18.3 Å². The van der Waals surface area contributed by atoms with E-state index in [4.69, 9.17) is 14.7 Å². The topological polar surface area (TPSA) is 72.2 Å². The summed E-state index contributed by atoms with van der Waals surface area (Å²) in [5, 5.41) is 8.86. The summed E-state index contributed by atoms with van der Waals surface area (Å²) < 4.78 is 11.9. The first-order valence-corrected chi connectivity index (χ1v) is 9.00. The van der Waals surface area contributed by atoms with Gasteiger partial charge in [-0.3, -0.25) is 9.78 Å². The minimum absolute atomic E-state index is 0.0550. The summed E-state index contributed by atoms with van der Waals surface area (Å²) in [5.41, 5.74) is 3.97. The number of aryl methyl sites for hydroxylation is 1. The van der Waals surface area contributed by atoms with Crippen LogP contribution in [-0.2, 0) is 6.61 Å². The van der Waals surface area contributed by atoms with Crippen molar-refractivity contribution in [2.24, 2.45) is 0 Å². The zero-order chi connectivity index (χ0) is 19.5. The molecule has 0 saturated heterocycles. The molecule has 5 heteroatoms. The second-order valence-corrected chi connectivity index (χ2v) is 6.72. The largest absolute Gasteiger partial charge is 0.489 e. The van der Waals surface area contributed by atoms with Crippen molar-refractivity contribution >= 4 is 5.78 Å². The van der Waals surface area contributed by atoms with Crippen LogP contribution in [0.3, 0.4) is 0 Å². The van der Waals surface area contributed by atoms with E-state index < -0.39 is 0 Å². The van der Waals surface area contributed by atoms with Gasteiger partial charge in [-0.15, -0.1) is 0 Å². The van der Waals surface area contributed by atoms with Crippen molar-refractivity contribution in [1.29, 1.82) is 5.26 Å². The molecular weight excluding hydrogens is 352 g/mol. The highest BCUT2D eigenvalue weighted by Gasteiger charge is 2.28. The molecule has 0 bridgehead atoms. The first-order valence-electron chi connectivity index (χ1n) is 9.00. The van der Waals surface area contributed by atoms with Crippen molar-refractivity contribution in [2.45, 2.75) is 26.1 Å². The monoisotopic (exact) mass is 370 g/mol. The van der Waals surface area contributed by atoms with Gasteiger partial charge in [0, 0.05) is 18.0 Å². The van der Waals surface area contributed by atoms with Crippen molar-refractivity contribution in [2.75, 3.05) is 0 Å². The fourth-order valence-corrected chi connectivity index (χ4v) is 3.19. The summed E-state index contributed by atoms with van der Waals surface area (Å²) in [6, 6.07) is 18.4. The SMILES string of the molecule is Cc1cc(C2CC(=O)c3ccc(OCc4ccc(C#N)cc4)cc3O2)ccn1. The molecule has 138 valence electrons. The molecule has 0 aliphatic carbocycles. The summed E-state index contributed by atoms with van der Waals surface area (Å²) in [6.07, 6.45) is 1.71. The lowest BCUT2D eigenvalue weighted by Gasteiger charge is -2.26. The van der Waals surface area contributed by atoms with E-state index in [0.29, 0.717) is 35.7 Å². The molecule has 0 amide bonds. The number of benzene rings is 2. The fraction of sp³-hybridized carbons (Fsp3) is 0.174. The Kier molecular flexibility index (Phi) is 4.77. The van der Waals surface area contributed by atoms with Gasteiger partial charge >= 0.3 is 0 Å². The summed E-state index contributed by atoms with van der Waals surface area (Å²) in [4.78, 5) is 16.7. The standard InChI is InChI=1S/C23H18N2O3/c1-15-10-18(8-9-25-15)22-12-21(26)20-7-6-19(11-23(20)28-22)27-14-17-4-2-16(13-24)3-5-17/h2-11,22H,12,14H2,1H3. The molecule has 5 nitrogen and oxygen atoms in total. The van der Waals surface area contributed by atoms with Gasteiger partial charge in [0.1, 0.15) is 24.2 Å². The van der Waals surface area contributed by atoms with Gasteiger partial charge in [0.15, 0.2) is 5.78 Å². The van der Waals surface area contributed by atoms with Gasteiger partial charge in [0.05, 0.1) is 23.6 Å².